The fraction of sp³-hybridized carbons (Fsp3) is 0.833. The molecule has 2 rings (SSSR count). The molecule has 0 spiro atoms. The molecule has 18 heavy (non-hydrogen) atoms. The van der Waals surface area contributed by atoms with Gasteiger partial charge < -0.3 is 18.9 Å². The van der Waals surface area contributed by atoms with Gasteiger partial charge in [0, 0.05) is 0 Å². The fourth-order valence-electron chi connectivity index (χ4n) is 2.05. The van der Waals surface area contributed by atoms with E-state index < -0.39 is 0 Å². The van der Waals surface area contributed by atoms with Crippen LogP contribution in [0.5, 0.6) is 0 Å². The zero-order chi connectivity index (χ0) is 13.1. The van der Waals surface area contributed by atoms with Gasteiger partial charge in [-0.15, -0.1) is 0 Å². The number of rotatable bonds is 7. The van der Waals surface area contributed by atoms with E-state index in [1.54, 1.807) is 0 Å². The van der Waals surface area contributed by atoms with Crippen molar-refractivity contribution >= 4 is 11.9 Å². The van der Waals surface area contributed by atoms with E-state index >= 15 is 0 Å². The van der Waals surface area contributed by atoms with Crippen LogP contribution in [0.2, 0.25) is 0 Å². The summed E-state index contributed by atoms with van der Waals surface area (Å²) >= 11 is 0. The van der Waals surface area contributed by atoms with Gasteiger partial charge in [-0.05, 0) is 12.8 Å². The highest BCUT2D eigenvalue weighted by molar-refractivity contribution is 5.70. The van der Waals surface area contributed by atoms with Crippen molar-refractivity contribution in [2.45, 2.75) is 50.1 Å². The number of carbonyl (C=O) groups excluding carboxylic acids is 2. The highest BCUT2D eigenvalue weighted by Gasteiger charge is 2.45. The minimum absolute atomic E-state index is 0.00439. The highest BCUT2D eigenvalue weighted by Crippen LogP contribution is 2.35. The van der Waals surface area contributed by atoms with Crippen molar-refractivity contribution in [3.63, 3.8) is 0 Å². The van der Waals surface area contributed by atoms with Gasteiger partial charge in [-0.2, -0.15) is 0 Å². The Morgan fingerprint density at radius 1 is 0.833 bits per heavy atom. The van der Waals surface area contributed by atoms with Crippen molar-refractivity contribution in [2.24, 2.45) is 0 Å². The first kappa shape index (κ1) is 13.3. The van der Waals surface area contributed by atoms with E-state index in [4.69, 9.17) is 9.47 Å². The molecular formula is C12H18O6. The third kappa shape index (κ3) is 3.68. The maximum Gasteiger partial charge on any atom is 0.308 e. The predicted octanol–water partition coefficient (Wildman–Crippen LogP) is 0.428. The van der Waals surface area contributed by atoms with Gasteiger partial charge in [0.05, 0.1) is 51.5 Å². The van der Waals surface area contributed by atoms with Crippen LogP contribution >= 0.6 is 0 Å². The number of epoxide rings is 2. The molecule has 0 aromatic heterocycles. The first-order valence-corrected chi connectivity index (χ1v) is 6.08. The van der Waals surface area contributed by atoms with Crippen LogP contribution in [-0.2, 0) is 28.5 Å². The maximum atomic E-state index is 11.0. The molecule has 4 unspecified atom stereocenters. The predicted molar refractivity (Wildman–Crippen MR) is 59.8 cm³/mol. The Morgan fingerprint density at radius 3 is 1.56 bits per heavy atom. The Kier molecular flexibility index (Phi) is 4.19. The number of carbonyl (C=O) groups is 2. The van der Waals surface area contributed by atoms with Crippen molar-refractivity contribution in [2.75, 3.05) is 14.2 Å². The minimum Gasteiger partial charge on any atom is -0.469 e. The number of esters is 2. The van der Waals surface area contributed by atoms with Crippen LogP contribution < -0.4 is 0 Å². The lowest BCUT2D eigenvalue weighted by Crippen LogP contribution is -2.08. The molecule has 6 nitrogen and oxygen atoms in total. The topological polar surface area (TPSA) is 77.7 Å². The zero-order valence-electron chi connectivity index (χ0n) is 10.6. The smallest absolute Gasteiger partial charge is 0.308 e. The molecule has 0 N–H and O–H groups in total. The monoisotopic (exact) mass is 258 g/mol. The maximum absolute atomic E-state index is 11.0. The molecule has 102 valence electrons. The molecule has 2 fully saturated rings. The third-order valence-electron chi connectivity index (χ3n) is 3.30. The summed E-state index contributed by atoms with van der Waals surface area (Å²) in [6.07, 6.45) is 2.59. The van der Waals surface area contributed by atoms with Crippen LogP contribution in [-0.4, -0.2) is 50.6 Å². The number of ether oxygens (including phenoxy) is 4. The van der Waals surface area contributed by atoms with E-state index in [1.807, 2.05) is 0 Å². The number of methoxy groups -OCH3 is 2. The second-order valence-corrected chi connectivity index (χ2v) is 4.56. The van der Waals surface area contributed by atoms with Crippen LogP contribution in [0.25, 0.3) is 0 Å². The van der Waals surface area contributed by atoms with E-state index in [0.717, 1.165) is 12.8 Å². The fourth-order valence-corrected chi connectivity index (χ4v) is 2.05. The lowest BCUT2D eigenvalue weighted by atomic mass is 10.1. The molecule has 0 bridgehead atoms. The average molecular weight is 258 g/mol. The zero-order valence-corrected chi connectivity index (χ0v) is 10.6. The molecule has 2 heterocycles. The van der Waals surface area contributed by atoms with Gasteiger partial charge in [-0.3, -0.25) is 9.59 Å². The summed E-state index contributed by atoms with van der Waals surface area (Å²) in [5, 5.41) is 0. The third-order valence-corrected chi connectivity index (χ3v) is 3.30. The molecule has 0 aromatic carbocycles. The molecule has 4 atom stereocenters. The van der Waals surface area contributed by atoms with E-state index in [0.29, 0.717) is 12.8 Å². The molecular weight excluding hydrogens is 240 g/mol. The number of hydrogen-bond donors (Lipinski definition) is 0. The van der Waals surface area contributed by atoms with E-state index in [1.165, 1.54) is 14.2 Å². The van der Waals surface area contributed by atoms with Crippen molar-refractivity contribution in [3.05, 3.63) is 0 Å². The van der Waals surface area contributed by atoms with Gasteiger partial charge in [-0.1, -0.05) is 0 Å². The van der Waals surface area contributed by atoms with Crippen LogP contribution in [0, 0.1) is 0 Å². The summed E-state index contributed by atoms with van der Waals surface area (Å²) < 4.78 is 19.8. The summed E-state index contributed by atoms with van der Waals surface area (Å²) in [5.74, 6) is -0.484. The Morgan fingerprint density at radius 2 is 1.22 bits per heavy atom. The molecule has 0 radical (unpaired) electrons. The van der Waals surface area contributed by atoms with Gasteiger partial charge in [0.15, 0.2) is 0 Å². The van der Waals surface area contributed by atoms with E-state index in [2.05, 4.69) is 9.47 Å². The second-order valence-electron chi connectivity index (χ2n) is 4.56. The molecule has 2 aliphatic heterocycles. The standard InChI is InChI=1S/C12H18O6/c1-15-11(13)5-9-7(17-9)3-4-8-10(18-8)6-12(14)16-2/h7-10H,3-6H2,1-2H3. The van der Waals surface area contributed by atoms with Gasteiger partial charge in [0.2, 0.25) is 0 Å². The van der Waals surface area contributed by atoms with Crippen molar-refractivity contribution in [1.29, 1.82) is 0 Å². The first-order valence-electron chi connectivity index (χ1n) is 6.08. The second kappa shape index (κ2) is 5.67. The average Bonchev–Trinajstić information content (AvgIpc) is 3.25. The Labute approximate surface area is 106 Å². The summed E-state index contributed by atoms with van der Waals surface area (Å²) in [6.45, 7) is 0. The molecule has 2 saturated heterocycles. The van der Waals surface area contributed by atoms with Crippen LogP contribution in [0.3, 0.4) is 0 Å². The van der Waals surface area contributed by atoms with Crippen molar-refractivity contribution in [1.82, 2.24) is 0 Å². The lowest BCUT2D eigenvalue weighted by molar-refractivity contribution is -0.141. The number of hydrogen-bond acceptors (Lipinski definition) is 6. The normalized spacial score (nSPS) is 32.8. The van der Waals surface area contributed by atoms with Crippen molar-refractivity contribution < 1.29 is 28.5 Å². The molecule has 2 aliphatic rings. The minimum atomic E-state index is -0.242. The Balaban J connectivity index is 1.53. The quantitative estimate of drug-likeness (QED) is 0.486. The molecule has 6 heteroatoms. The van der Waals surface area contributed by atoms with Gasteiger partial charge >= 0.3 is 11.9 Å². The highest BCUT2D eigenvalue weighted by atomic mass is 16.6. The van der Waals surface area contributed by atoms with Crippen LogP contribution in [0.15, 0.2) is 0 Å². The lowest BCUT2D eigenvalue weighted by Gasteiger charge is -1.95. The first-order chi connectivity index (χ1) is 8.63. The van der Waals surface area contributed by atoms with Gasteiger partial charge in [0.1, 0.15) is 0 Å². The molecule has 0 saturated carbocycles. The molecule has 0 aromatic rings. The SMILES string of the molecule is COC(=O)CC1OC1CCC1OC1CC(=O)OC. The Hall–Kier alpha value is -1.14. The summed E-state index contributed by atoms with van der Waals surface area (Å²) in [6, 6.07) is 0. The van der Waals surface area contributed by atoms with Crippen LogP contribution in [0.1, 0.15) is 25.7 Å². The summed E-state index contributed by atoms with van der Waals surface area (Å²) in [7, 11) is 2.74. The summed E-state index contributed by atoms with van der Waals surface area (Å²) in [4.78, 5) is 22.0. The molecule has 0 aliphatic carbocycles. The van der Waals surface area contributed by atoms with E-state index in [-0.39, 0.29) is 36.4 Å². The Bertz CT molecular complexity index is 297. The van der Waals surface area contributed by atoms with Crippen molar-refractivity contribution in [3.8, 4) is 0 Å². The van der Waals surface area contributed by atoms with Gasteiger partial charge in [0.25, 0.3) is 0 Å². The molecule has 0 amide bonds. The summed E-state index contributed by atoms with van der Waals surface area (Å²) in [5.41, 5.74) is 0. The van der Waals surface area contributed by atoms with E-state index in [9.17, 15) is 9.59 Å². The van der Waals surface area contributed by atoms with Gasteiger partial charge in [-0.25, -0.2) is 0 Å². The largest absolute Gasteiger partial charge is 0.469 e. The van der Waals surface area contributed by atoms with Crippen LogP contribution in [0.4, 0.5) is 0 Å².